The van der Waals surface area contributed by atoms with E-state index >= 15 is 0 Å². The standard InChI is InChI=1S/C18H17N3O3/c22-18(12-13-6-8-14(9-7-13)21(23)24)16-5-2-1-4-15(16)17-19-10-3-11-20(17)18/h1-2,4-9,22H,3,10-12H2. The van der Waals surface area contributed by atoms with E-state index in [2.05, 4.69) is 4.99 Å². The molecule has 2 aliphatic heterocycles. The summed E-state index contributed by atoms with van der Waals surface area (Å²) in [4.78, 5) is 16.9. The number of non-ortho nitro benzene ring substituents is 1. The molecule has 6 heteroatoms. The van der Waals surface area contributed by atoms with Crippen molar-refractivity contribution in [3.8, 4) is 0 Å². The molecule has 1 atom stereocenters. The van der Waals surface area contributed by atoms with E-state index in [1.54, 1.807) is 12.1 Å². The Hall–Kier alpha value is -2.73. The third-order valence-corrected chi connectivity index (χ3v) is 4.70. The van der Waals surface area contributed by atoms with Crippen LogP contribution in [0.2, 0.25) is 0 Å². The summed E-state index contributed by atoms with van der Waals surface area (Å²) >= 11 is 0. The molecule has 0 saturated heterocycles. The Kier molecular flexibility index (Phi) is 3.35. The fourth-order valence-corrected chi connectivity index (χ4v) is 3.58. The van der Waals surface area contributed by atoms with Crippen LogP contribution < -0.4 is 0 Å². The maximum absolute atomic E-state index is 11.5. The summed E-state index contributed by atoms with van der Waals surface area (Å²) in [6, 6.07) is 14.2. The number of nitrogens with zero attached hydrogens (tertiary/aromatic N) is 3. The van der Waals surface area contributed by atoms with E-state index in [0.29, 0.717) is 6.42 Å². The summed E-state index contributed by atoms with van der Waals surface area (Å²) in [5.74, 6) is 0.848. The molecule has 1 N–H and O–H groups in total. The van der Waals surface area contributed by atoms with Crippen molar-refractivity contribution in [2.45, 2.75) is 18.6 Å². The number of fused-ring (bicyclic) bond motifs is 3. The molecule has 0 aliphatic carbocycles. The minimum absolute atomic E-state index is 0.0535. The first kappa shape index (κ1) is 14.8. The van der Waals surface area contributed by atoms with Crippen molar-refractivity contribution in [3.63, 3.8) is 0 Å². The van der Waals surface area contributed by atoms with Crippen LogP contribution in [0.4, 0.5) is 5.69 Å². The minimum atomic E-state index is -1.16. The van der Waals surface area contributed by atoms with Crippen molar-refractivity contribution >= 4 is 11.5 Å². The Balaban J connectivity index is 1.74. The molecular weight excluding hydrogens is 306 g/mol. The van der Waals surface area contributed by atoms with Gasteiger partial charge >= 0.3 is 0 Å². The van der Waals surface area contributed by atoms with Gasteiger partial charge in [0.25, 0.3) is 5.69 Å². The molecule has 2 aromatic carbocycles. The maximum atomic E-state index is 11.5. The molecule has 0 fully saturated rings. The van der Waals surface area contributed by atoms with Gasteiger partial charge in [-0.2, -0.15) is 0 Å². The Labute approximate surface area is 139 Å². The molecule has 122 valence electrons. The molecule has 0 radical (unpaired) electrons. The molecule has 24 heavy (non-hydrogen) atoms. The molecular formula is C18H17N3O3. The second-order valence-corrected chi connectivity index (χ2v) is 6.17. The van der Waals surface area contributed by atoms with E-state index in [4.69, 9.17) is 0 Å². The van der Waals surface area contributed by atoms with Crippen molar-refractivity contribution in [1.29, 1.82) is 0 Å². The Morgan fingerprint density at radius 3 is 2.71 bits per heavy atom. The highest BCUT2D eigenvalue weighted by Crippen LogP contribution is 2.41. The highest BCUT2D eigenvalue weighted by atomic mass is 16.6. The average Bonchev–Trinajstić information content (AvgIpc) is 2.86. The highest BCUT2D eigenvalue weighted by molar-refractivity contribution is 6.04. The van der Waals surface area contributed by atoms with Crippen molar-refractivity contribution in [2.24, 2.45) is 4.99 Å². The Morgan fingerprint density at radius 1 is 1.21 bits per heavy atom. The zero-order chi connectivity index (χ0) is 16.7. The lowest BCUT2D eigenvalue weighted by Crippen LogP contribution is -2.47. The Bertz CT molecular complexity index is 832. The highest BCUT2D eigenvalue weighted by Gasteiger charge is 2.47. The third-order valence-electron chi connectivity index (χ3n) is 4.70. The van der Waals surface area contributed by atoms with Gasteiger partial charge in [0.15, 0.2) is 5.72 Å². The van der Waals surface area contributed by atoms with Gasteiger partial charge in [0.1, 0.15) is 5.84 Å². The number of amidine groups is 1. The summed E-state index contributed by atoms with van der Waals surface area (Å²) in [6.45, 7) is 1.52. The second kappa shape index (κ2) is 5.42. The quantitative estimate of drug-likeness (QED) is 0.695. The molecule has 4 rings (SSSR count). The summed E-state index contributed by atoms with van der Waals surface area (Å²) < 4.78 is 0. The van der Waals surface area contributed by atoms with Crippen LogP contribution >= 0.6 is 0 Å². The van der Waals surface area contributed by atoms with E-state index in [0.717, 1.165) is 42.0 Å². The van der Waals surface area contributed by atoms with Crippen LogP contribution in [0.1, 0.15) is 23.1 Å². The molecule has 0 amide bonds. The maximum Gasteiger partial charge on any atom is 0.269 e. The van der Waals surface area contributed by atoms with Gasteiger partial charge in [0, 0.05) is 42.8 Å². The predicted molar refractivity (Wildman–Crippen MR) is 89.9 cm³/mol. The Morgan fingerprint density at radius 2 is 1.96 bits per heavy atom. The SMILES string of the molecule is O=[N+]([O-])c1ccc(CC2(O)c3ccccc3C3=NCCCN32)cc1. The van der Waals surface area contributed by atoms with E-state index in [1.165, 1.54) is 12.1 Å². The number of benzene rings is 2. The van der Waals surface area contributed by atoms with Crippen molar-refractivity contribution < 1.29 is 10.0 Å². The van der Waals surface area contributed by atoms with Crippen LogP contribution in [0.25, 0.3) is 0 Å². The van der Waals surface area contributed by atoms with Gasteiger partial charge in [-0.15, -0.1) is 0 Å². The molecule has 2 aromatic rings. The normalized spacial score (nSPS) is 21.9. The van der Waals surface area contributed by atoms with Crippen molar-refractivity contribution in [2.75, 3.05) is 13.1 Å². The van der Waals surface area contributed by atoms with Crippen LogP contribution in [0, 0.1) is 10.1 Å². The number of nitro groups is 1. The topological polar surface area (TPSA) is 79.0 Å². The predicted octanol–water partition coefficient (Wildman–Crippen LogP) is 2.45. The number of aliphatic hydroxyl groups is 1. The van der Waals surface area contributed by atoms with Gasteiger partial charge in [-0.1, -0.05) is 36.4 Å². The summed E-state index contributed by atoms with van der Waals surface area (Å²) in [5, 5.41) is 22.3. The zero-order valence-electron chi connectivity index (χ0n) is 13.1. The number of hydrogen-bond acceptors (Lipinski definition) is 5. The van der Waals surface area contributed by atoms with Crippen LogP contribution in [0.3, 0.4) is 0 Å². The van der Waals surface area contributed by atoms with Gasteiger partial charge < -0.3 is 10.0 Å². The lowest BCUT2D eigenvalue weighted by molar-refractivity contribution is -0.384. The molecule has 0 bridgehead atoms. The van der Waals surface area contributed by atoms with Gasteiger partial charge in [-0.05, 0) is 12.0 Å². The molecule has 1 unspecified atom stereocenters. The van der Waals surface area contributed by atoms with Crippen molar-refractivity contribution in [1.82, 2.24) is 4.90 Å². The van der Waals surface area contributed by atoms with Crippen molar-refractivity contribution in [3.05, 3.63) is 75.3 Å². The smallest absolute Gasteiger partial charge is 0.269 e. The van der Waals surface area contributed by atoms with Crippen LogP contribution in [-0.2, 0) is 12.1 Å². The second-order valence-electron chi connectivity index (χ2n) is 6.17. The molecule has 0 aromatic heterocycles. The first-order valence-electron chi connectivity index (χ1n) is 7.97. The summed E-state index contributed by atoms with van der Waals surface area (Å²) in [6.07, 6.45) is 1.26. The molecule has 2 aliphatic rings. The van der Waals surface area contributed by atoms with Crippen LogP contribution in [-0.4, -0.2) is 33.9 Å². The molecule has 0 saturated carbocycles. The summed E-state index contributed by atoms with van der Waals surface area (Å²) in [5.41, 5.74) is 1.57. The van der Waals surface area contributed by atoms with Crippen LogP contribution in [0.5, 0.6) is 0 Å². The van der Waals surface area contributed by atoms with E-state index in [9.17, 15) is 15.2 Å². The first-order valence-corrected chi connectivity index (χ1v) is 7.97. The van der Waals surface area contributed by atoms with Crippen LogP contribution in [0.15, 0.2) is 53.5 Å². The summed E-state index contributed by atoms with van der Waals surface area (Å²) in [7, 11) is 0. The fraction of sp³-hybridized carbons (Fsp3) is 0.278. The largest absolute Gasteiger partial charge is 0.366 e. The third kappa shape index (κ3) is 2.18. The molecule has 2 heterocycles. The van der Waals surface area contributed by atoms with E-state index in [-0.39, 0.29) is 5.69 Å². The number of aliphatic imine (C=N–C) groups is 1. The molecule has 6 nitrogen and oxygen atoms in total. The number of nitro benzene ring substituents is 1. The van der Waals surface area contributed by atoms with Gasteiger partial charge in [-0.3, -0.25) is 15.1 Å². The minimum Gasteiger partial charge on any atom is -0.366 e. The van der Waals surface area contributed by atoms with E-state index < -0.39 is 10.6 Å². The molecule has 0 spiro atoms. The fourth-order valence-electron chi connectivity index (χ4n) is 3.58. The first-order chi connectivity index (χ1) is 11.6. The monoisotopic (exact) mass is 323 g/mol. The number of hydrogen-bond donors (Lipinski definition) is 1. The van der Waals surface area contributed by atoms with Gasteiger partial charge in [0.2, 0.25) is 0 Å². The van der Waals surface area contributed by atoms with Gasteiger partial charge in [0.05, 0.1) is 4.92 Å². The lowest BCUT2D eigenvalue weighted by Gasteiger charge is -2.37. The average molecular weight is 323 g/mol. The number of rotatable bonds is 3. The van der Waals surface area contributed by atoms with Gasteiger partial charge in [-0.25, -0.2) is 0 Å². The lowest BCUT2D eigenvalue weighted by atomic mass is 9.94. The van der Waals surface area contributed by atoms with E-state index in [1.807, 2.05) is 29.2 Å². The zero-order valence-corrected chi connectivity index (χ0v) is 13.1.